The van der Waals surface area contributed by atoms with E-state index >= 15 is 0 Å². The number of benzene rings is 2. The Kier molecular flexibility index (Phi) is 9.22. The summed E-state index contributed by atoms with van der Waals surface area (Å²) in [6.45, 7) is 43.1. The zero-order valence-electron chi connectivity index (χ0n) is 29.4. The summed E-state index contributed by atoms with van der Waals surface area (Å²) < 4.78 is 0. The lowest BCUT2D eigenvalue weighted by molar-refractivity contribution is 0.473. The molecule has 0 atom stereocenters. The average Bonchev–Trinajstić information content (AvgIpc) is 2.68. The van der Waals surface area contributed by atoms with Gasteiger partial charge >= 0.3 is 0 Å². The van der Waals surface area contributed by atoms with Crippen LogP contribution in [0.25, 0.3) is 0 Å². The molecule has 2 aromatic rings. The smallest absolute Gasteiger partial charge is 0.0126 e. The van der Waals surface area contributed by atoms with Crippen molar-refractivity contribution in [2.45, 2.75) is 176 Å². The molecule has 0 aliphatic rings. The molecule has 0 aliphatic carbocycles. The molecule has 0 N–H and O–H groups in total. The van der Waals surface area contributed by atoms with Crippen molar-refractivity contribution in [2.24, 2.45) is 0 Å². The molecule has 0 fully saturated rings. The first-order chi connectivity index (χ1) is 17.2. The summed E-state index contributed by atoms with van der Waals surface area (Å²) in [4.78, 5) is 0. The summed E-state index contributed by atoms with van der Waals surface area (Å²) >= 11 is 0. The van der Waals surface area contributed by atoms with Gasteiger partial charge in [-0.15, -0.1) is 0 Å². The van der Waals surface area contributed by atoms with Gasteiger partial charge in [-0.3, -0.25) is 0 Å². The van der Waals surface area contributed by atoms with Gasteiger partial charge < -0.3 is 0 Å². The predicted molar refractivity (Wildman–Crippen MR) is 177 cm³/mol. The second-order valence-electron chi connectivity index (χ2n) is 18.4. The lowest BCUT2D eigenvalue weighted by Crippen LogP contribution is -2.33. The van der Waals surface area contributed by atoms with E-state index in [0.717, 1.165) is 12.8 Å². The van der Waals surface area contributed by atoms with Crippen molar-refractivity contribution in [3.05, 3.63) is 68.8 Å². The third-order valence-electron chi connectivity index (χ3n) is 8.14. The largest absolute Gasteiger partial charge is 0.0585 e. The molecule has 0 aromatic heterocycles. The Morgan fingerprint density at radius 3 is 1.21 bits per heavy atom. The van der Waals surface area contributed by atoms with Crippen molar-refractivity contribution >= 4 is 0 Å². The summed E-state index contributed by atoms with van der Waals surface area (Å²) in [6, 6.07) is 9.90. The minimum absolute atomic E-state index is 0.0728. The predicted octanol–water partition coefficient (Wildman–Crippen LogP) is 11.6. The second-order valence-corrected chi connectivity index (χ2v) is 18.4. The molecular weight excluding hydrogens is 468 g/mol. The SMILES string of the molecule is CC(C)(C)c1ccc(CCCc2cc(C(C)(C)C)c(C(C)(C)C)c(C(C)(C)C)c2C(C)(C)C)c(C(C)(C)C)c1. The molecule has 39 heavy (non-hydrogen) atoms. The molecule has 0 spiro atoms. The van der Waals surface area contributed by atoms with E-state index in [1.54, 1.807) is 22.3 Å². The van der Waals surface area contributed by atoms with Crippen LogP contribution in [0.5, 0.6) is 0 Å². The third kappa shape index (κ3) is 8.01. The quantitative estimate of drug-likeness (QED) is 0.367. The monoisotopic (exact) mass is 533 g/mol. The van der Waals surface area contributed by atoms with Gasteiger partial charge in [0.1, 0.15) is 0 Å². The third-order valence-corrected chi connectivity index (χ3v) is 8.14. The fourth-order valence-corrected chi connectivity index (χ4v) is 6.34. The fourth-order valence-electron chi connectivity index (χ4n) is 6.34. The Labute approximate surface area is 244 Å². The molecule has 0 nitrogen and oxygen atoms in total. The zero-order chi connectivity index (χ0) is 30.6. The topological polar surface area (TPSA) is 0 Å². The Bertz CT molecular complexity index is 1140. The van der Waals surface area contributed by atoms with Crippen LogP contribution in [-0.2, 0) is 45.3 Å². The molecule has 0 heterocycles. The Balaban J connectivity index is 2.72. The Hall–Kier alpha value is -1.56. The molecule has 0 heteroatoms. The lowest BCUT2D eigenvalue weighted by Gasteiger charge is -2.42. The van der Waals surface area contributed by atoms with Crippen LogP contribution in [0.4, 0.5) is 0 Å². The number of aryl methyl sites for hydroxylation is 2. The van der Waals surface area contributed by atoms with Gasteiger partial charge in [-0.05, 0) is 96.3 Å². The Morgan fingerprint density at radius 1 is 0.385 bits per heavy atom. The molecule has 2 rings (SSSR count). The highest BCUT2D eigenvalue weighted by Gasteiger charge is 2.37. The van der Waals surface area contributed by atoms with Crippen LogP contribution in [0.2, 0.25) is 0 Å². The summed E-state index contributed by atoms with van der Waals surface area (Å²) in [6.07, 6.45) is 3.41. The standard InChI is InChI=1S/C39H64/c1-34(2,3)28-23-22-26(29(25-28)35(4,5)6)20-19-21-27-24-30(36(7,8)9)32(38(13,14)15)33(39(16,17)18)31(27)37(10,11)12/h22-25H,19-21H2,1-18H3. The molecule has 220 valence electrons. The molecular formula is C39H64. The minimum Gasteiger partial charge on any atom is -0.0585 e. The van der Waals surface area contributed by atoms with Crippen LogP contribution in [0.3, 0.4) is 0 Å². The van der Waals surface area contributed by atoms with Crippen LogP contribution in [-0.4, -0.2) is 0 Å². The van der Waals surface area contributed by atoms with Gasteiger partial charge in [-0.1, -0.05) is 149 Å². The van der Waals surface area contributed by atoms with E-state index in [1.807, 2.05) is 0 Å². The highest BCUT2D eigenvalue weighted by Crippen LogP contribution is 2.47. The van der Waals surface area contributed by atoms with Crippen LogP contribution < -0.4 is 0 Å². The maximum absolute atomic E-state index is 2.61. The van der Waals surface area contributed by atoms with E-state index < -0.39 is 0 Å². The molecule has 2 aromatic carbocycles. The van der Waals surface area contributed by atoms with Crippen molar-refractivity contribution in [1.82, 2.24) is 0 Å². The molecule has 0 unspecified atom stereocenters. The molecule has 0 radical (unpaired) electrons. The summed E-state index contributed by atoms with van der Waals surface area (Å²) in [7, 11) is 0. The van der Waals surface area contributed by atoms with Crippen molar-refractivity contribution < 1.29 is 0 Å². The molecule has 0 saturated carbocycles. The van der Waals surface area contributed by atoms with Gasteiger partial charge in [0, 0.05) is 0 Å². The number of rotatable bonds is 4. The first-order valence-corrected chi connectivity index (χ1v) is 15.5. The van der Waals surface area contributed by atoms with Crippen LogP contribution in [0.15, 0.2) is 24.3 Å². The maximum atomic E-state index is 2.61. The van der Waals surface area contributed by atoms with Crippen LogP contribution in [0.1, 0.15) is 176 Å². The first-order valence-electron chi connectivity index (χ1n) is 15.5. The van der Waals surface area contributed by atoms with E-state index in [0.29, 0.717) is 0 Å². The van der Waals surface area contributed by atoms with E-state index in [4.69, 9.17) is 0 Å². The van der Waals surface area contributed by atoms with Crippen molar-refractivity contribution in [1.29, 1.82) is 0 Å². The zero-order valence-corrected chi connectivity index (χ0v) is 29.4. The molecule has 0 aliphatic heterocycles. The second kappa shape index (κ2) is 10.7. The van der Waals surface area contributed by atoms with Gasteiger partial charge in [0.05, 0.1) is 0 Å². The Morgan fingerprint density at radius 2 is 0.821 bits per heavy atom. The molecule has 0 bridgehead atoms. The van der Waals surface area contributed by atoms with Gasteiger partial charge in [-0.2, -0.15) is 0 Å². The van der Waals surface area contributed by atoms with E-state index in [1.165, 1.54) is 28.7 Å². The van der Waals surface area contributed by atoms with Crippen molar-refractivity contribution in [3.63, 3.8) is 0 Å². The maximum Gasteiger partial charge on any atom is -0.0126 e. The normalized spacial score (nSPS) is 14.2. The summed E-state index contributed by atoms with van der Waals surface area (Å²) in [5, 5.41) is 0. The summed E-state index contributed by atoms with van der Waals surface area (Å²) in [5.74, 6) is 0. The van der Waals surface area contributed by atoms with E-state index in [9.17, 15) is 0 Å². The summed E-state index contributed by atoms with van der Waals surface area (Å²) in [5.41, 5.74) is 13.0. The van der Waals surface area contributed by atoms with Crippen molar-refractivity contribution in [2.75, 3.05) is 0 Å². The molecule has 0 amide bonds. The average molecular weight is 533 g/mol. The van der Waals surface area contributed by atoms with Gasteiger partial charge in [0.2, 0.25) is 0 Å². The van der Waals surface area contributed by atoms with Gasteiger partial charge in [0.15, 0.2) is 0 Å². The first kappa shape index (κ1) is 33.6. The fraction of sp³-hybridized carbons (Fsp3) is 0.692. The minimum atomic E-state index is 0.0728. The van der Waals surface area contributed by atoms with E-state index in [2.05, 4.69) is 149 Å². The van der Waals surface area contributed by atoms with Gasteiger partial charge in [-0.25, -0.2) is 0 Å². The van der Waals surface area contributed by atoms with Crippen LogP contribution >= 0.6 is 0 Å². The van der Waals surface area contributed by atoms with Gasteiger partial charge in [0.25, 0.3) is 0 Å². The van der Waals surface area contributed by atoms with E-state index in [-0.39, 0.29) is 32.5 Å². The highest BCUT2D eigenvalue weighted by molar-refractivity contribution is 5.56. The van der Waals surface area contributed by atoms with Crippen molar-refractivity contribution in [3.8, 4) is 0 Å². The number of hydrogen-bond donors (Lipinski definition) is 0. The van der Waals surface area contributed by atoms with Crippen LogP contribution in [0, 0.1) is 0 Å². The molecule has 0 saturated heterocycles. The lowest BCUT2D eigenvalue weighted by atomic mass is 9.63. The number of hydrogen-bond acceptors (Lipinski definition) is 0. The highest BCUT2D eigenvalue weighted by atomic mass is 14.4.